The van der Waals surface area contributed by atoms with Crippen molar-refractivity contribution in [2.45, 2.75) is 115 Å². The number of carbonyl (C=O) groups excluding carboxylic acids is 4. The molecule has 5 rings (SSSR count). The maximum atomic E-state index is 14.3. The highest BCUT2D eigenvalue weighted by molar-refractivity contribution is 6.00. The summed E-state index contributed by atoms with van der Waals surface area (Å²) in [4.78, 5) is 55.3. The largest absolute Gasteiger partial charge is 0.460 e. The number of nitrogens with one attached hydrogen (secondary N) is 2. The smallest absolute Gasteiger partial charge is 0.407 e. The second-order valence-corrected chi connectivity index (χ2v) is 15.9. The summed E-state index contributed by atoms with van der Waals surface area (Å²) in [7, 11) is 3.37. The van der Waals surface area contributed by atoms with Gasteiger partial charge in [0.05, 0.1) is 18.8 Å². The SMILES string of the molecule is COCCCCOC(=O)c1cc2cc(NC(=O)[C@@H]3[C@H](C4CCC(OC)CC4)CCN3C(=O)C3CCC([C@@H](CF)NC(=O)OC(C)(C)C)CC3)ccc2o1. The van der Waals surface area contributed by atoms with E-state index in [1.54, 1.807) is 64.2 Å². The number of esters is 1. The molecule has 1 saturated heterocycles. The summed E-state index contributed by atoms with van der Waals surface area (Å²) in [6.07, 6.45) is 7.76. The first-order valence-electron chi connectivity index (χ1n) is 19.3. The van der Waals surface area contributed by atoms with Crippen molar-refractivity contribution >= 4 is 40.5 Å². The van der Waals surface area contributed by atoms with Gasteiger partial charge in [0.15, 0.2) is 0 Å². The number of rotatable bonds is 14. The lowest BCUT2D eigenvalue weighted by atomic mass is 9.75. The maximum absolute atomic E-state index is 14.3. The van der Waals surface area contributed by atoms with Crippen molar-refractivity contribution in [1.29, 1.82) is 0 Å². The Labute approximate surface area is 312 Å². The lowest BCUT2D eigenvalue weighted by Crippen LogP contribution is -2.50. The third kappa shape index (κ3) is 10.7. The van der Waals surface area contributed by atoms with Gasteiger partial charge in [-0.25, -0.2) is 14.0 Å². The number of furan rings is 1. The van der Waals surface area contributed by atoms with Crippen LogP contribution in [0.25, 0.3) is 11.0 Å². The first-order chi connectivity index (χ1) is 25.4. The zero-order valence-electron chi connectivity index (χ0n) is 32.0. The molecule has 1 aromatic heterocycles. The average Bonchev–Trinajstić information content (AvgIpc) is 3.78. The number of unbranched alkanes of at least 4 members (excludes halogenated alkanes) is 1. The van der Waals surface area contributed by atoms with Gasteiger partial charge < -0.3 is 38.9 Å². The molecule has 12 nitrogen and oxygen atoms in total. The van der Waals surface area contributed by atoms with E-state index < -0.39 is 36.4 Å². The second-order valence-electron chi connectivity index (χ2n) is 15.9. The Morgan fingerprint density at radius 2 is 1.66 bits per heavy atom. The Hall–Kier alpha value is -3.71. The number of benzene rings is 1. The van der Waals surface area contributed by atoms with Crippen LogP contribution in [0.15, 0.2) is 28.7 Å². The molecule has 3 atom stereocenters. The summed E-state index contributed by atoms with van der Waals surface area (Å²) in [5.41, 5.74) is 0.343. The number of likely N-dealkylation sites (tertiary alicyclic amines) is 1. The van der Waals surface area contributed by atoms with Crippen molar-refractivity contribution in [3.05, 3.63) is 30.0 Å². The minimum absolute atomic E-state index is 0.00459. The second kappa shape index (κ2) is 18.6. The van der Waals surface area contributed by atoms with Gasteiger partial charge in [0.2, 0.25) is 17.6 Å². The fourth-order valence-electron chi connectivity index (χ4n) is 8.41. The molecule has 3 amide bonds. The maximum Gasteiger partial charge on any atom is 0.407 e. The minimum atomic E-state index is -0.713. The van der Waals surface area contributed by atoms with Crippen molar-refractivity contribution in [3.63, 3.8) is 0 Å². The van der Waals surface area contributed by atoms with Gasteiger partial charge in [-0.1, -0.05) is 0 Å². The van der Waals surface area contributed by atoms with Crippen molar-refractivity contribution < 1.29 is 46.9 Å². The lowest BCUT2D eigenvalue weighted by molar-refractivity contribution is -0.142. The van der Waals surface area contributed by atoms with E-state index in [9.17, 15) is 23.6 Å². The van der Waals surface area contributed by atoms with Gasteiger partial charge in [-0.3, -0.25) is 9.59 Å². The van der Waals surface area contributed by atoms with Crippen LogP contribution < -0.4 is 10.6 Å². The topological polar surface area (TPSA) is 146 Å². The molecule has 0 unspecified atom stereocenters. The quantitative estimate of drug-likeness (QED) is 0.154. The molecule has 0 bridgehead atoms. The number of anilines is 1. The molecule has 2 heterocycles. The predicted octanol–water partition coefficient (Wildman–Crippen LogP) is 7.05. The number of amides is 3. The number of nitrogens with zero attached hydrogens (tertiary/aromatic N) is 1. The number of methoxy groups -OCH3 is 2. The van der Waals surface area contributed by atoms with Gasteiger partial charge in [0, 0.05) is 44.4 Å². The van der Waals surface area contributed by atoms with Crippen molar-refractivity contribution in [1.82, 2.24) is 10.2 Å². The summed E-state index contributed by atoms with van der Waals surface area (Å²) in [6, 6.07) is 5.50. The molecule has 0 spiro atoms. The summed E-state index contributed by atoms with van der Waals surface area (Å²) < 4.78 is 41.2. The highest BCUT2D eigenvalue weighted by atomic mass is 19.1. The molecule has 1 aromatic carbocycles. The summed E-state index contributed by atoms with van der Waals surface area (Å²) >= 11 is 0. The van der Waals surface area contributed by atoms with E-state index in [-0.39, 0.29) is 54.0 Å². The molecule has 2 N–H and O–H groups in total. The summed E-state index contributed by atoms with van der Waals surface area (Å²) in [6.45, 7) is 5.92. The third-order valence-corrected chi connectivity index (χ3v) is 11.2. The zero-order chi connectivity index (χ0) is 38.1. The fraction of sp³-hybridized carbons (Fsp3) is 0.700. The van der Waals surface area contributed by atoms with E-state index >= 15 is 0 Å². The van der Waals surface area contributed by atoms with Gasteiger partial charge in [-0.2, -0.15) is 0 Å². The van der Waals surface area contributed by atoms with Crippen LogP contribution >= 0.6 is 0 Å². The van der Waals surface area contributed by atoms with Crippen LogP contribution in [0.4, 0.5) is 14.9 Å². The first kappa shape index (κ1) is 40.5. The molecule has 13 heteroatoms. The van der Waals surface area contributed by atoms with Gasteiger partial charge in [-0.05, 0) is 133 Å². The highest BCUT2D eigenvalue weighted by Crippen LogP contribution is 2.42. The van der Waals surface area contributed by atoms with Crippen LogP contribution in [-0.4, -0.2) is 93.2 Å². The van der Waals surface area contributed by atoms with Crippen molar-refractivity contribution in [2.75, 3.05) is 46.0 Å². The summed E-state index contributed by atoms with van der Waals surface area (Å²) in [5, 5.41) is 6.43. The van der Waals surface area contributed by atoms with E-state index in [1.165, 1.54) is 0 Å². The molecule has 2 aromatic rings. The Kier molecular flexibility index (Phi) is 14.2. The first-order valence-corrected chi connectivity index (χ1v) is 19.3. The number of halogens is 1. The standard InChI is InChI=1S/C40H58FN3O9/c1-40(2,3)53-39(48)43-32(24-41)26-8-10-27(11-9-26)37(46)44-19-18-31(25-12-15-30(50-5)16-13-25)35(44)36(45)42-29-14-17-33-28(22-29)23-34(52-33)38(47)51-21-7-6-20-49-4/h14,17,22-23,25-27,30-32,35H,6-13,15-16,18-21,24H2,1-5H3,(H,42,45)(H,43,48)/t25?,26?,27?,30?,31-,32+,35-/m0/s1. The molecule has 1 aliphatic heterocycles. The van der Waals surface area contributed by atoms with Gasteiger partial charge in [0.1, 0.15) is 23.9 Å². The van der Waals surface area contributed by atoms with E-state index in [0.29, 0.717) is 61.9 Å². The van der Waals surface area contributed by atoms with Gasteiger partial charge in [0.25, 0.3) is 0 Å². The number of fused-ring (bicyclic) bond motifs is 1. The number of alkyl halides is 1. The van der Waals surface area contributed by atoms with Crippen LogP contribution in [0.1, 0.15) is 102 Å². The molecular formula is C40H58FN3O9. The number of alkyl carbamates (subject to hydrolysis) is 1. The Bertz CT molecular complexity index is 1540. The lowest BCUT2D eigenvalue weighted by Gasteiger charge is -2.38. The Morgan fingerprint density at radius 1 is 0.943 bits per heavy atom. The molecule has 2 aliphatic carbocycles. The van der Waals surface area contributed by atoms with E-state index in [0.717, 1.165) is 38.5 Å². The minimum Gasteiger partial charge on any atom is -0.460 e. The van der Waals surface area contributed by atoms with Crippen LogP contribution in [0.2, 0.25) is 0 Å². The van der Waals surface area contributed by atoms with Crippen molar-refractivity contribution in [2.24, 2.45) is 23.7 Å². The number of ether oxygens (including phenoxy) is 4. The Balaban J connectivity index is 1.26. The molecular weight excluding hydrogens is 685 g/mol. The van der Waals surface area contributed by atoms with Crippen LogP contribution in [0, 0.1) is 23.7 Å². The van der Waals surface area contributed by atoms with Crippen LogP contribution in [-0.2, 0) is 28.5 Å². The van der Waals surface area contributed by atoms with Gasteiger partial charge >= 0.3 is 12.1 Å². The predicted molar refractivity (Wildman–Crippen MR) is 197 cm³/mol. The number of carbonyl (C=O) groups is 4. The number of hydrogen-bond acceptors (Lipinski definition) is 9. The molecule has 2 saturated carbocycles. The summed E-state index contributed by atoms with van der Waals surface area (Å²) in [5.74, 6) is -0.845. The zero-order valence-corrected chi connectivity index (χ0v) is 32.0. The normalized spacial score (nSPS) is 25.5. The monoisotopic (exact) mass is 743 g/mol. The van der Waals surface area contributed by atoms with Crippen molar-refractivity contribution in [3.8, 4) is 0 Å². The molecule has 294 valence electrons. The molecule has 0 radical (unpaired) electrons. The van der Waals surface area contributed by atoms with Crippen LogP contribution in [0.5, 0.6) is 0 Å². The fourth-order valence-corrected chi connectivity index (χ4v) is 8.41. The van der Waals surface area contributed by atoms with Crippen LogP contribution in [0.3, 0.4) is 0 Å². The third-order valence-electron chi connectivity index (χ3n) is 11.2. The molecule has 3 fully saturated rings. The van der Waals surface area contributed by atoms with E-state index in [4.69, 9.17) is 23.4 Å². The Morgan fingerprint density at radius 3 is 2.32 bits per heavy atom. The van der Waals surface area contributed by atoms with E-state index in [1.807, 2.05) is 0 Å². The highest BCUT2D eigenvalue weighted by Gasteiger charge is 2.47. The molecule has 53 heavy (non-hydrogen) atoms. The average molecular weight is 744 g/mol. The number of hydrogen-bond donors (Lipinski definition) is 2. The van der Waals surface area contributed by atoms with E-state index in [2.05, 4.69) is 10.6 Å². The van der Waals surface area contributed by atoms with Gasteiger partial charge in [-0.15, -0.1) is 0 Å². The molecule has 3 aliphatic rings.